The third kappa shape index (κ3) is 3.15. The van der Waals surface area contributed by atoms with Crippen molar-refractivity contribution < 1.29 is 9.21 Å². The predicted molar refractivity (Wildman–Crippen MR) is 78.1 cm³/mol. The third-order valence-electron chi connectivity index (χ3n) is 2.95. The molecule has 0 saturated carbocycles. The Hall–Kier alpha value is -2.36. The maximum absolute atomic E-state index is 12.1. The van der Waals surface area contributed by atoms with Gasteiger partial charge in [-0.25, -0.2) is 4.79 Å². The van der Waals surface area contributed by atoms with Gasteiger partial charge in [0.25, 0.3) is 5.91 Å². The number of rotatable bonds is 2. The number of hydrogen-bond acceptors (Lipinski definition) is 3. The van der Waals surface area contributed by atoms with Crippen LogP contribution in [0, 0.1) is 0 Å². The van der Waals surface area contributed by atoms with Gasteiger partial charge in [-0.05, 0) is 23.1 Å². The number of benzene rings is 1. The number of carbonyl (C=O) groups is 1. The Morgan fingerprint density at radius 1 is 1.10 bits per heavy atom. The maximum Gasteiger partial charge on any atom is 0.335 e. The smallest absolute Gasteiger partial charge is 0.335 e. The largest absolute Gasteiger partial charge is 0.430 e. The Labute approximate surface area is 117 Å². The molecule has 0 saturated heterocycles. The molecule has 1 aromatic carbocycles. The van der Waals surface area contributed by atoms with Gasteiger partial charge in [-0.2, -0.15) is 0 Å². The first-order chi connectivity index (χ1) is 9.38. The lowest BCUT2D eigenvalue weighted by atomic mass is 9.86. The van der Waals surface area contributed by atoms with Crippen molar-refractivity contribution in [2.75, 3.05) is 5.32 Å². The van der Waals surface area contributed by atoms with Gasteiger partial charge in [0.15, 0.2) is 0 Å². The Balaban J connectivity index is 2.29. The molecule has 1 heterocycles. The number of carbonyl (C=O) groups excluding carboxylic acids is 1. The van der Waals surface area contributed by atoms with Crippen LogP contribution in [0.2, 0.25) is 0 Å². The number of amides is 1. The molecule has 0 aliphatic rings. The number of para-hydroxylation sites is 1. The van der Waals surface area contributed by atoms with Crippen molar-refractivity contribution in [3.05, 3.63) is 64.2 Å². The van der Waals surface area contributed by atoms with Crippen LogP contribution in [-0.2, 0) is 5.41 Å². The van der Waals surface area contributed by atoms with Crippen LogP contribution in [0.5, 0.6) is 0 Å². The fourth-order valence-corrected chi connectivity index (χ4v) is 1.93. The highest BCUT2D eigenvalue weighted by Crippen LogP contribution is 2.29. The minimum absolute atomic E-state index is 0.0763. The van der Waals surface area contributed by atoms with E-state index in [-0.39, 0.29) is 11.3 Å². The van der Waals surface area contributed by atoms with Crippen molar-refractivity contribution in [1.82, 2.24) is 0 Å². The summed E-state index contributed by atoms with van der Waals surface area (Å²) in [5.41, 5.74) is 1.57. The summed E-state index contributed by atoms with van der Waals surface area (Å²) in [7, 11) is 0. The topological polar surface area (TPSA) is 59.3 Å². The minimum atomic E-state index is -0.475. The molecule has 2 rings (SSSR count). The lowest BCUT2D eigenvalue weighted by Gasteiger charge is -2.22. The van der Waals surface area contributed by atoms with Gasteiger partial charge in [0.2, 0.25) is 0 Å². The van der Waals surface area contributed by atoms with E-state index >= 15 is 0 Å². The molecule has 0 radical (unpaired) electrons. The van der Waals surface area contributed by atoms with Gasteiger partial charge in [0.1, 0.15) is 6.26 Å². The number of hydrogen-bond donors (Lipinski definition) is 1. The highest BCUT2D eigenvalue weighted by molar-refractivity contribution is 6.04. The monoisotopic (exact) mass is 271 g/mol. The minimum Gasteiger partial charge on any atom is -0.430 e. The van der Waals surface area contributed by atoms with Gasteiger partial charge < -0.3 is 9.73 Å². The summed E-state index contributed by atoms with van der Waals surface area (Å²) in [6.07, 6.45) is 1.16. The Morgan fingerprint density at radius 3 is 2.40 bits per heavy atom. The second kappa shape index (κ2) is 5.33. The average Bonchev–Trinajstić information content (AvgIpc) is 2.38. The summed E-state index contributed by atoms with van der Waals surface area (Å²) in [6.45, 7) is 6.25. The Bertz CT molecular complexity index is 660. The molecule has 0 atom stereocenters. The van der Waals surface area contributed by atoms with Crippen molar-refractivity contribution in [3.8, 4) is 0 Å². The molecule has 0 aliphatic heterocycles. The van der Waals surface area contributed by atoms with Crippen molar-refractivity contribution in [2.24, 2.45) is 0 Å². The summed E-state index contributed by atoms with van der Waals surface area (Å²) in [5.74, 6) is -0.301. The highest BCUT2D eigenvalue weighted by Gasteiger charge is 2.19. The molecule has 2 aromatic rings. The van der Waals surface area contributed by atoms with E-state index in [1.165, 1.54) is 12.1 Å². The van der Waals surface area contributed by atoms with Crippen LogP contribution in [0.1, 0.15) is 36.7 Å². The van der Waals surface area contributed by atoms with E-state index in [1.54, 1.807) is 0 Å². The first-order valence-corrected chi connectivity index (χ1v) is 6.37. The van der Waals surface area contributed by atoms with E-state index in [2.05, 4.69) is 26.1 Å². The summed E-state index contributed by atoms with van der Waals surface area (Å²) in [6, 6.07) is 10.3. The van der Waals surface area contributed by atoms with Gasteiger partial charge in [0, 0.05) is 11.8 Å². The van der Waals surface area contributed by atoms with E-state index in [0.29, 0.717) is 5.56 Å². The molecule has 1 aromatic heterocycles. The highest BCUT2D eigenvalue weighted by atomic mass is 16.4. The summed E-state index contributed by atoms with van der Waals surface area (Å²) in [4.78, 5) is 23.0. The van der Waals surface area contributed by atoms with E-state index < -0.39 is 5.63 Å². The summed E-state index contributed by atoms with van der Waals surface area (Å²) >= 11 is 0. The van der Waals surface area contributed by atoms with E-state index in [0.717, 1.165) is 17.5 Å². The molecule has 4 heteroatoms. The zero-order valence-electron chi connectivity index (χ0n) is 11.8. The van der Waals surface area contributed by atoms with Crippen molar-refractivity contribution in [3.63, 3.8) is 0 Å². The third-order valence-corrected chi connectivity index (χ3v) is 2.95. The maximum atomic E-state index is 12.1. The van der Waals surface area contributed by atoms with E-state index in [9.17, 15) is 9.59 Å². The second-order valence-corrected chi connectivity index (χ2v) is 5.59. The normalized spacial score (nSPS) is 11.2. The molecular formula is C16H17NO3. The molecular weight excluding hydrogens is 254 g/mol. The van der Waals surface area contributed by atoms with Crippen LogP contribution in [0.4, 0.5) is 5.69 Å². The molecule has 104 valence electrons. The first kappa shape index (κ1) is 14.1. The van der Waals surface area contributed by atoms with Gasteiger partial charge in [-0.1, -0.05) is 39.0 Å². The fourth-order valence-electron chi connectivity index (χ4n) is 1.93. The van der Waals surface area contributed by atoms with E-state index in [4.69, 9.17) is 4.42 Å². The lowest BCUT2D eigenvalue weighted by Crippen LogP contribution is -2.19. The number of nitrogens with one attached hydrogen (secondary N) is 1. The lowest BCUT2D eigenvalue weighted by molar-refractivity contribution is 0.102. The summed E-state index contributed by atoms with van der Waals surface area (Å²) < 4.78 is 4.70. The van der Waals surface area contributed by atoms with Crippen molar-refractivity contribution in [1.29, 1.82) is 0 Å². The van der Waals surface area contributed by atoms with Crippen molar-refractivity contribution in [2.45, 2.75) is 26.2 Å². The van der Waals surface area contributed by atoms with Gasteiger partial charge in [0.05, 0.1) is 5.56 Å². The SMILES string of the molecule is CC(C)(C)c1ccccc1NC(=O)c1ccc(=O)oc1. The predicted octanol–water partition coefficient (Wildman–Crippen LogP) is 3.19. The summed E-state index contributed by atoms with van der Waals surface area (Å²) in [5, 5.41) is 2.85. The Morgan fingerprint density at radius 2 is 1.80 bits per heavy atom. The first-order valence-electron chi connectivity index (χ1n) is 6.37. The van der Waals surface area contributed by atoms with Gasteiger partial charge >= 0.3 is 5.63 Å². The van der Waals surface area contributed by atoms with Crippen LogP contribution >= 0.6 is 0 Å². The van der Waals surface area contributed by atoms with Crippen LogP contribution in [0.3, 0.4) is 0 Å². The molecule has 0 spiro atoms. The molecule has 0 fully saturated rings. The number of anilines is 1. The van der Waals surface area contributed by atoms with Crippen LogP contribution in [0.25, 0.3) is 0 Å². The van der Waals surface area contributed by atoms with Crippen LogP contribution in [0.15, 0.2) is 51.9 Å². The standard InChI is InChI=1S/C16H17NO3/c1-16(2,3)12-6-4-5-7-13(12)17-15(19)11-8-9-14(18)20-10-11/h4-10H,1-3H3,(H,17,19). The zero-order valence-corrected chi connectivity index (χ0v) is 11.8. The van der Waals surface area contributed by atoms with E-state index in [1.807, 2.05) is 24.3 Å². The Kier molecular flexibility index (Phi) is 3.74. The average molecular weight is 271 g/mol. The molecule has 1 amide bonds. The fraction of sp³-hybridized carbons (Fsp3) is 0.250. The van der Waals surface area contributed by atoms with Crippen LogP contribution < -0.4 is 10.9 Å². The molecule has 1 N–H and O–H groups in total. The molecule has 0 aliphatic carbocycles. The molecule has 0 unspecified atom stereocenters. The van der Waals surface area contributed by atoms with Gasteiger partial charge in [-0.15, -0.1) is 0 Å². The van der Waals surface area contributed by atoms with Crippen molar-refractivity contribution >= 4 is 11.6 Å². The van der Waals surface area contributed by atoms with Crippen LogP contribution in [-0.4, -0.2) is 5.91 Å². The second-order valence-electron chi connectivity index (χ2n) is 5.59. The quantitative estimate of drug-likeness (QED) is 0.912. The zero-order chi connectivity index (χ0) is 14.8. The van der Waals surface area contributed by atoms with Gasteiger partial charge in [-0.3, -0.25) is 4.79 Å². The molecule has 0 bridgehead atoms. The molecule has 20 heavy (non-hydrogen) atoms. The molecule has 4 nitrogen and oxygen atoms in total.